The van der Waals surface area contributed by atoms with Gasteiger partial charge in [0.2, 0.25) is 11.9 Å². The maximum absolute atomic E-state index is 11.2. The Bertz CT molecular complexity index is 546. The number of anilines is 3. The lowest BCUT2D eigenvalue weighted by atomic mass is 10.3. The van der Waals surface area contributed by atoms with Crippen molar-refractivity contribution in [3.8, 4) is 0 Å². The van der Waals surface area contributed by atoms with Crippen LogP contribution in [-0.4, -0.2) is 61.3 Å². The molecular weight excluding hydrogens is 284 g/mol. The lowest BCUT2D eigenvalue weighted by Crippen LogP contribution is -2.37. The third kappa shape index (κ3) is 3.38. The number of aromatic nitrogens is 2. The fraction of sp³-hybridized carbons (Fsp3) is 0.643. The first-order valence-electron chi connectivity index (χ1n) is 7.61. The van der Waals surface area contributed by atoms with Gasteiger partial charge in [-0.25, -0.2) is 0 Å². The third-order valence-corrected chi connectivity index (χ3v) is 3.97. The van der Waals surface area contributed by atoms with Crippen LogP contribution in [-0.2, 0) is 9.53 Å². The van der Waals surface area contributed by atoms with Crippen LogP contribution in [0.3, 0.4) is 0 Å². The fourth-order valence-electron chi connectivity index (χ4n) is 2.93. The Morgan fingerprint density at radius 1 is 1.27 bits per heavy atom. The zero-order valence-electron chi connectivity index (χ0n) is 12.8. The molecule has 0 spiro atoms. The highest BCUT2D eigenvalue weighted by atomic mass is 16.5. The number of carbonyl (C=O) groups is 1. The monoisotopic (exact) mass is 306 g/mol. The number of carbonyl (C=O) groups excluding carboxylic acids is 1. The molecule has 0 unspecified atom stereocenters. The first-order chi connectivity index (χ1) is 10.6. The van der Waals surface area contributed by atoms with Gasteiger partial charge in [0, 0.05) is 45.2 Å². The molecule has 1 aromatic rings. The average molecular weight is 306 g/mol. The summed E-state index contributed by atoms with van der Waals surface area (Å²) >= 11 is 0. The number of nitrogen functional groups attached to an aromatic ring is 1. The lowest BCUT2D eigenvalue weighted by molar-refractivity contribution is -0.119. The number of hydrogen-bond donors (Lipinski definition) is 2. The molecule has 0 aliphatic carbocycles. The molecule has 3 N–H and O–H groups in total. The van der Waals surface area contributed by atoms with Crippen molar-refractivity contribution in [3.63, 3.8) is 0 Å². The molecular formula is C14H22N6O2. The van der Waals surface area contributed by atoms with Crippen LogP contribution < -0.4 is 20.9 Å². The molecule has 2 aliphatic heterocycles. The highest BCUT2D eigenvalue weighted by molar-refractivity contribution is 5.73. The molecule has 2 fully saturated rings. The number of nitrogens with two attached hydrogens (primary N) is 1. The smallest absolute Gasteiger partial charge is 0.223 e. The SMILES string of the molecule is CC(=O)N[C@@H]1CCN(c2cc(N3CCOCC3)nc(N)n2)C1. The minimum absolute atomic E-state index is 0.00283. The Labute approximate surface area is 129 Å². The number of morpholine rings is 1. The zero-order valence-corrected chi connectivity index (χ0v) is 12.8. The number of nitrogens with zero attached hydrogens (tertiary/aromatic N) is 4. The van der Waals surface area contributed by atoms with Gasteiger partial charge in [-0.3, -0.25) is 4.79 Å². The van der Waals surface area contributed by atoms with Gasteiger partial charge in [0.15, 0.2) is 0 Å². The summed E-state index contributed by atoms with van der Waals surface area (Å²) < 4.78 is 5.37. The molecule has 3 heterocycles. The second kappa shape index (κ2) is 6.35. The summed E-state index contributed by atoms with van der Waals surface area (Å²) in [6.07, 6.45) is 0.913. The van der Waals surface area contributed by atoms with Crippen LogP contribution in [0.1, 0.15) is 13.3 Å². The van der Waals surface area contributed by atoms with Crippen LogP contribution in [0, 0.1) is 0 Å². The van der Waals surface area contributed by atoms with E-state index in [1.807, 2.05) is 6.07 Å². The molecule has 120 valence electrons. The van der Waals surface area contributed by atoms with Gasteiger partial charge in [0.25, 0.3) is 0 Å². The summed E-state index contributed by atoms with van der Waals surface area (Å²) in [6, 6.07) is 2.14. The van der Waals surface area contributed by atoms with Crippen LogP contribution in [0.15, 0.2) is 6.07 Å². The van der Waals surface area contributed by atoms with E-state index in [2.05, 4.69) is 25.1 Å². The van der Waals surface area contributed by atoms with Gasteiger partial charge in [-0.2, -0.15) is 9.97 Å². The second-order valence-electron chi connectivity index (χ2n) is 5.67. The molecule has 0 saturated carbocycles. The van der Waals surface area contributed by atoms with Crippen molar-refractivity contribution < 1.29 is 9.53 Å². The van der Waals surface area contributed by atoms with Crippen molar-refractivity contribution in [1.29, 1.82) is 0 Å². The molecule has 8 nitrogen and oxygen atoms in total. The van der Waals surface area contributed by atoms with E-state index in [4.69, 9.17) is 10.5 Å². The molecule has 2 saturated heterocycles. The largest absolute Gasteiger partial charge is 0.378 e. The summed E-state index contributed by atoms with van der Waals surface area (Å²) in [5.41, 5.74) is 5.87. The van der Waals surface area contributed by atoms with Gasteiger partial charge in [-0.15, -0.1) is 0 Å². The number of amides is 1. The molecule has 0 bridgehead atoms. The summed E-state index contributed by atoms with van der Waals surface area (Å²) in [5, 5.41) is 2.95. The summed E-state index contributed by atoms with van der Waals surface area (Å²) in [5.74, 6) is 1.95. The summed E-state index contributed by atoms with van der Waals surface area (Å²) in [4.78, 5) is 24.1. The van der Waals surface area contributed by atoms with Gasteiger partial charge in [0.05, 0.1) is 13.2 Å². The predicted octanol–water partition coefficient (Wildman–Crippen LogP) is -0.390. The van der Waals surface area contributed by atoms with E-state index in [1.165, 1.54) is 0 Å². The van der Waals surface area contributed by atoms with Crippen molar-refractivity contribution in [2.75, 3.05) is 54.9 Å². The predicted molar refractivity (Wildman–Crippen MR) is 83.9 cm³/mol. The minimum atomic E-state index is 0.00283. The Hall–Kier alpha value is -2.09. The van der Waals surface area contributed by atoms with Crippen molar-refractivity contribution in [3.05, 3.63) is 6.07 Å². The van der Waals surface area contributed by atoms with Crippen LogP contribution in [0.25, 0.3) is 0 Å². The first kappa shape index (κ1) is 14.8. The normalized spacial score (nSPS) is 22.0. The summed E-state index contributed by atoms with van der Waals surface area (Å²) in [7, 11) is 0. The maximum atomic E-state index is 11.2. The number of ether oxygens (including phenoxy) is 1. The molecule has 2 aliphatic rings. The van der Waals surface area contributed by atoms with E-state index in [1.54, 1.807) is 6.92 Å². The first-order valence-corrected chi connectivity index (χ1v) is 7.61. The number of nitrogens with one attached hydrogen (secondary N) is 1. The van der Waals surface area contributed by atoms with Crippen molar-refractivity contribution in [2.24, 2.45) is 0 Å². The lowest BCUT2D eigenvalue weighted by Gasteiger charge is -2.28. The molecule has 0 aromatic carbocycles. The van der Waals surface area contributed by atoms with Crippen molar-refractivity contribution in [2.45, 2.75) is 19.4 Å². The van der Waals surface area contributed by atoms with E-state index in [-0.39, 0.29) is 17.9 Å². The van der Waals surface area contributed by atoms with Gasteiger partial charge in [-0.05, 0) is 6.42 Å². The Morgan fingerprint density at radius 3 is 2.64 bits per heavy atom. The number of rotatable bonds is 3. The van der Waals surface area contributed by atoms with Crippen molar-refractivity contribution in [1.82, 2.24) is 15.3 Å². The molecule has 22 heavy (non-hydrogen) atoms. The molecule has 3 rings (SSSR count). The van der Waals surface area contributed by atoms with Crippen LogP contribution >= 0.6 is 0 Å². The highest BCUT2D eigenvalue weighted by Crippen LogP contribution is 2.24. The zero-order chi connectivity index (χ0) is 15.5. The van der Waals surface area contributed by atoms with E-state index in [0.29, 0.717) is 13.2 Å². The average Bonchev–Trinajstić information content (AvgIpc) is 2.95. The molecule has 1 atom stereocenters. The molecule has 0 radical (unpaired) electrons. The van der Waals surface area contributed by atoms with Crippen LogP contribution in [0.2, 0.25) is 0 Å². The van der Waals surface area contributed by atoms with E-state index >= 15 is 0 Å². The van der Waals surface area contributed by atoms with Gasteiger partial charge < -0.3 is 25.6 Å². The standard InChI is InChI=1S/C14H22N6O2/c1-10(21)16-11-2-3-20(9-11)13-8-12(17-14(15)18-13)19-4-6-22-7-5-19/h8,11H,2-7,9H2,1H3,(H,16,21)(H2,15,17,18)/t11-/m1/s1. The van der Waals surface area contributed by atoms with Gasteiger partial charge in [0.1, 0.15) is 11.6 Å². The quantitative estimate of drug-likeness (QED) is 0.785. The Balaban J connectivity index is 1.73. The Morgan fingerprint density at radius 2 is 1.95 bits per heavy atom. The third-order valence-electron chi connectivity index (χ3n) is 3.97. The maximum Gasteiger partial charge on any atom is 0.223 e. The van der Waals surface area contributed by atoms with E-state index in [0.717, 1.165) is 44.2 Å². The number of hydrogen-bond acceptors (Lipinski definition) is 7. The van der Waals surface area contributed by atoms with Gasteiger partial charge in [-0.1, -0.05) is 0 Å². The Kier molecular flexibility index (Phi) is 4.28. The second-order valence-corrected chi connectivity index (χ2v) is 5.67. The topological polar surface area (TPSA) is 96.6 Å². The van der Waals surface area contributed by atoms with E-state index in [9.17, 15) is 4.79 Å². The van der Waals surface area contributed by atoms with Crippen LogP contribution in [0.4, 0.5) is 17.6 Å². The summed E-state index contributed by atoms with van der Waals surface area (Å²) in [6.45, 7) is 6.17. The fourth-order valence-corrected chi connectivity index (χ4v) is 2.93. The van der Waals surface area contributed by atoms with Gasteiger partial charge >= 0.3 is 0 Å². The van der Waals surface area contributed by atoms with Crippen LogP contribution in [0.5, 0.6) is 0 Å². The highest BCUT2D eigenvalue weighted by Gasteiger charge is 2.25. The molecule has 1 aromatic heterocycles. The molecule has 8 heteroatoms. The van der Waals surface area contributed by atoms with E-state index < -0.39 is 0 Å². The van der Waals surface area contributed by atoms with Crippen molar-refractivity contribution >= 4 is 23.5 Å². The minimum Gasteiger partial charge on any atom is -0.378 e. The molecule has 1 amide bonds.